The summed E-state index contributed by atoms with van der Waals surface area (Å²) in [6.45, 7) is 5.89. The van der Waals surface area contributed by atoms with Crippen LogP contribution in [0.3, 0.4) is 0 Å². The zero-order chi connectivity index (χ0) is 11.4. The Morgan fingerprint density at radius 2 is 2.00 bits per heavy atom. The summed E-state index contributed by atoms with van der Waals surface area (Å²) in [4.78, 5) is 0. The fourth-order valence-electron chi connectivity index (χ4n) is 2.74. The maximum Gasteiger partial charge on any atom is 0.0118 e. The number of nitrogens with one attached hydrogen (secondary N) is 1. The predicted octanol–water partition coefficient (Wildman–Crippen LogP) is 3.40. The van der Waals surface area contributed by atoms with Crippen LogP contribution in [0.25, 0.3) is 0 Å². The molecule has 16 heavy (non-hydrogen) atoms. The van der Waals surface area contributed by atoms with Crippen LogP contribution in [0.2, 0.25) is 0 Å². The lowest BCUT2D eigenvalue weighted by Gasteiger charge is -2.28. The highest BCUT2D eigenvalue weighted by Crippen LogP contribution is 2.36. The lowest BCUT2D eigenvalue weighted by atomic mass is 9.87. The van der Waals surface area contributed by atoms with E-state index in [0.29, 0.717) is 5.41 Å². The third kappa shape index (κ3) is 2.85. The van der Waals surface area contributed by atoms with Crippen molar-refractivity contribution in [2.24, 2.45) is 5.41 Å². The maximum absolute atomic E-state index is 3.72. The number of benzene rings is 1. The Kier molecular flexibility index (Phi) is 3.65. The number of rotatable bonds is 4. The van der Waals surface area contributed by atoms with E-state index in [4.69, 9.17) is 0 Å². The van der Waals surface area contributed by atoms with Gasteiger partial charge in [-0.3, -0.25) is 0 Å². The highest BCUT2D eigenvalue weighted by molar-refractivity contribution is 5.14. The van der Waals surface area contributed by atoms with Crippen LogP contribution in [0, 0.1) is 5.41 Å². The van der Waals surface area contributed by atoms with Crippen LogP contribution >= 0.6 is 0 Å². The van der Waals surface area contributed by atoms with Crippen LogP contribution in [0.1, 0.15) is 38.7 Å². The van der Waals surface area contributed by atoms with Crippen molar-refractivity contribution >= 4 is 0 Å². The Labute approximate surface area is 99.3 Å². The topological polar surface area (TPSA) is 12.0 Å². The highest BCUT2D eigenvalue weighted by atomic mass is 14.9. The second-order valence-corrected chi connectivity index (χ2v) is 5.62. The number of hydrogen-bond donors (Lipinski definition) is 1. The van der Waals surface area contributed by atoms with Crippen molar-refractivity contribution in [2.45, 2.75) is 45.6 Å². The molecule has 2 rings (SSSR count). The van der Waals surface area contributed by atoms with Gasteiger partial charge in [-0.1, -0.05) is 50.6 Å². The van der Waals surface area contributed by atoms with Gasteiger partial charge >= 0.3 is 0 Å². The van der Waals surface area contributed by atoms with Crippen LogP contribution in [-0.2, 0) is 6.42 Å². The Morgan fingerprint density at radius 3 is 2.62 bits per heavy atom. The fraction of sp³-hybridized carbons (Fsp3) is 0.600. The Morgan fingerprint density at radius 1 is 1.25 bits per heavy atom. The van der Waals surface area contributed by atoms with Crippen molar-refractivity contribution < 1.29 is 0 Å². The molecule has 0 aromatic heterocycles. The quantitative estimate of drug-likeness (QED) is 0.815. The van der Waals surface area contributed by atoms with Gasteiger partial charge in [-0.2, -0.15) is 0 Å². The molecule has 0 spiro atoms. The molecule has 1 N–H and O–H groups in total. The molecule has 1 fully saturated rings. The summed E-state index contributed by atoms with van der Waals surface area (Å²) in [6.07, 6.45) is 5.25. The average Bonchev–Trinajstić information content (AvgIpc) is 2.60. The van der Waals surface area contributed by atoms with Crippen molar-refractivity contribution in [3.05, 3.63) is 35.9 Å². The van der Waals surface area contributed by atoms with Crippen molar-refractivity contribution in [2.75, 3.05) is 6.54 Å². The van der Waals surface area contributed by atoms with Crippen LogP contribution in [0.4, 0.5) is 0 Å². The Balaban J connectivity index is 1.76. The first-order valence-electron chi connectivity index (χ1n) is 6.46. The largest absolute Gasteiger partial charge is 0.313 e. The van der Waals surface area contributed by atoms with Crippen LogP contribution in [0.15, 0.2) is 30.3 Å². The molecule has 0 amide bonds. The average molecular weight is 217 g/mol. The van der Waals surface area contributed by atoms with Gasteiger partial charge in [0.15, 0.2) is 0 Å². The van der Waals surface area contributed by atoms with Crippen molar-refractivity contribution in [1.82, 2.24) is 5.32 Å². The minimum atomic E-state index is 0.497. The molecule has 1 unspecified atom stereocenters. The lowest BCUT2D eigenvalue weighted by molar-refractivity contribution is 0.285. The van der Waals surface area contributed by atoms with Crippen LogP contribution in [0.5, 0.6) is 0 Å². The summed E-state index contributed by atoms with van der Waals surface area (Å²) in [7, 11) is 0. The number of hydrogen-bond acceptors (Lipinski definition) is 1. The van der Waals surface area contributed by atoms with E-state index in [-0.39, 0.29) is 0 Å². The molecule has 0 heterocycles. The first-order chi connectivity index (χ1) is 7.68. The molecule has 1 aliphatic rings. The van der Waals surface area contributed by atoms with E-state index in [1.165, 1.54) is 24.8 Å². The molecular weight excluding hydrogens is 194 g/mol. The Hall–Kier alpha value is -0.820. The zero-order valence-corrected chi connectivity index (χ0v) is 10.5. The summed E-state index contributed by atoms with van der Waals surface area (Å²) in [6, 6.07) is 11.5. The van der Waals surface area contributed by atoms with E-state index in [9.17, 15) is 0 Å². The van der Waals surface area contributed by atoms with Crippen LogP contribution in [-0.4, -0.2) is 12.6 Å². The van der Waals surface area contributed by atoms with E-state index in [2.05, 4.69) is 49.5 Å². The van der Waals surface area contributed by atoms with E-state index in [1.807, 2.05) is 0 Å². The van der Waals surface area contributed by atoms with Gasteiger partial charge in [-0.05, 0) is 36.8 Å². The molecule has 1 aromatic carbocycles. The summed E-state index contributed by atoms with van der Waals surface area (Å²) in [5.74, 6) is 0. The minimum absolute atomic E-state index is 0.497. The Bertz CT molecular complexity index is 315. The van der Waals surface area contributed by atoms with Crippen LogP contribution < -0.4 is 5.32 Å². The molecule has 1 atom stereocenters. The third-order valence-electron chi connectivity index (χ3n) is 3.90. The fourth-order valence-corrected chi connectivity index (χ4v) is 2.74. The highest BCUT2D eigenvalue weighted by Gasteiger charge is 2.33. The molecule has 1 heteroatoms. The van der Waals surface area contributed by atoms with Gasteiger partial charge in [0, 0.05) is 6.04 Å². The smallest absolute Gasteiger partial charge is 0.0118 e. The summed E-state index contributed by atoms with van der Waals surface area (Å²) in [5.41, 5.74) is 1.93. The predicted molar refractivity (Wildman–Crippen MR) is 69.6 cm³/mol. The van der Waals surface area contributed by atoms with Crippen molar-refractivity contribution in [3.8, 4) is 0 Å². The molecular formula is C15H23N. The van der Waals surface area contributed by atoms with Gasteiger partial charge in [0.1, 0.15) is 0 Å². The van der Waals surface area contributed by atoms with E-state index >= 15 is 0 Å². The molecule has 0 saturated heterocycles. The van der Waals surface area contributed by atoms with Gasteiger partial charge in [-0.25, -0.2) is 0 Å². The molecule has 0 aliphatic heterocycles. The van der Waals surface area contributed by atoms with Crippen molar-refractivity contribution in [1.29, 1.82) is 0 Å². The van der Waals surface area contributed by atoms with Gasteiger partial charge < -0.3 is 5.32 Å². The summed E-state index contributed by atoms with van der Waals surface area (Å²) in [5, 5.41) is 3.72. The minimum Gasteiger partial charge on any atom is -0.313 e. The standard InChI is InChI=1S/C15H23N/c1-15(2)11-6-9-14(15)16-12-10-13-7-4-3-5-8-13/h3-5,7-8,14,16H,6,9-12H2,1-2H3. The molecule has 88 valence electrons. The summed E-state index contributed by atoms with van der Waals surface area (Å²) >= 11 is 0. The summed E-state index contributed by atoms with van der Waals surface area (Å²) < 4.78 is 0. The van der Waals surface area contributed by atoms with Crippen molar-refractivity contribution in [3.63, 3.8) is 0 Å². The zero-order valence-electron chi connectivity index (χ0n) is 10.5. The molecule has 0 radical (unpaired) electrons. The second-order valence-electron chi connectivity index (χ2n) is 5.62. The van der Waals surface area contributed by atoms with Gasteiger partial charge in [0.2, 0.25) is 0 Å². The van der Waals surface area contributed by atoms with E-state index < -0.39 is 0 Å². The molecule has 1 nitrogen and oxygen atoms in total. The van der Waals surface area contributed by atoms with E-state index in [1.54, 1.807) is 0 Å². The first-order valence-corrected chi connectivity index (χ1v) is 6.46. The third-order valence-corrected chi connectivity index (χ3v) is 3.90. The SMILES string of the molecule is CC1(C)CCCC1NCCc1ccccc1. The second kappa shape index (κ2) is 5.01. The monoisotopic (exact) mass is 217 g/mol. The molecule has 1 saturated carbocycles. The normalized spacial score (nSPS) is 23.5. The molecule has 1 aromatic rings. The maximum atomic E-state index is 3.72. The first kappa shape index (κ1) is 11.7. The van der Waals surface area contributed by atoms with Gasteiger partial charge in [0.25, 0.3) is 0 Å². The van der Waals surface area contributed by atoms with E-state index in [0.717, 1.165) is 19.0 Å². The van der Waals surface area contributed by atoms with Gasteiger partial charge in [-0.15, -0.1) is 0 Å². The lowest BCUT2D eigenvalue weighted by Crippen LogP contribution is -2.38. The molecule has 1 aliphatic carbocycles. The molecule has 0 bridgehead atoms. The van der Waals surface area contributed by atoms with Gasteiger partial charge in [0.05, 0.1) is 0 Å².